The number of nitrogens with one attached hydrogen (secondary N) is 1. The van der Waals surface area contributed by atoms with E-state index in [0.29, 0.717) is 17.9 Å². The van der Waals surface area contributed by atoms with Crippen LogP contribution in [0.1, 0.15) is 10.5 Å². The molecule has 0 aliphatic rings. The predicted molar refractivity (Wildman–Crippen MR) is 113 cm³/mol. The first kappa shape index (κ1) is 18.8. The molecule has 0 radical (unpaired) electrons. The molecule has 3 heterocycles. The molecule has 0 fully saturated rings. The van der Waals surface area contributed by atoms with E-state index in [1.807, 2.05) is 73.9 Å². The highest BCUT2D eigenvalue weighted by Crippen LogP contribution is 2.24. The normalized spacial score (nSPS) is 11.1. The van der Waals surface area contributed by atoms with E-state index < -0.39 is 0 Å². The molecule has 0 spiro atoms. The van der Waals surface area contributed by atoms with Crippen molar-refractivity contribution < 1.29 is 4.79 Å². The van der Waals surface area contributed by atoms with Gasteiger partial charge in [0.15, 0.2) is 5.65 Å². The highest BCUT2D eigenvalue weighted by atomic mass is 16.1. The van der Waals surface area contributed by atoms with Crippen molar-refractivity contribution in [2.24, 2.45) is 0 Å². The second-order valence-electron chi connectivity index (χ2n) is 7.00. The van der Waals surface area contributed by atoms with Gasteiger partial charge in [0.25, 0.3) is 5.91 Å². The van der Waals surface area contributed by atoms with Crippen molar-refractivity contribution in [3.8, 4) is 22.4 Å². The maximum Gasteiger partial charge on any atom is 0.269 e. The number of aromatic nitrogens is 4. The van der Waals surface area contributed by atoms with Crippen molar-refractivity contribution >= 4 is 11.6 Å². The van der Waals surface area contributed by atoms with Gasteiger partial charge in [-0.15, -0.1) is 0 Å². The van der Waals surface area contributed by atoms with Gasteiger partial charge in [0.1, 0.15) is 5.69 Å². The number of rotatable bonds is 6. The molecule has 0 aliphatic carbocycles. The number of amides is 1. The zero-order valence-corrected chi connectivity index (χ0v) is 16.4. The molecule has 4 aromatic rings. The third-order valence-electron chi connectivity index (χ3n) is 4.56. The third kappa shape index (κ3) is 4.14. The Kier molecular flexibility index (Phi) is 5.31. The second-order valence-corrected chi connectivity index (χ2v) is 7.00. The molecule has 146 valence electrons. The predicted octanol–water partition coefficient (Wildman–Crippen LogP) is 2.75. The molecule has 0 aliphatic heterocycles. The lowest BCUT2D eigenvalue weighted by molar-refractivity contribution is 0.0946. The molecule has 0 saturated heterocycles. The zero-order valence-electron chi connectivity index (χ0n) is 16.4. The van der Waals surface area contributed by atoms with Crippen molar-refractivity contribution in [3.63, 3.8) is 0 Å². The summed E-state index contributed by atoms with van der Waals surface area (Å²) in [5.74, 6) is -0.187. The summed E-state index contributed by atoms with van der Waals surface area (Å²) in [5, 5.41) is 7.32. The van der Waals surface area contributed by atoms with Crippen LogP contribution in [-0.4, -0.2) is 57.6 Å². The van der Waals surface area contributed by atoms with Gasteiger partial charge in [0, 0.05) is 36.6 Å². The molecule has 7 heteroatoms. The summed E-state index contributed by atoms with van der Waals surface area (Å²) in [5.41, 5.74) is 4.67. The quantitative estimate of drug-likeness (QED) is 0.551. The lowest BCUT2D eigenvalue weighted by Crippen LogP contribution is -2.31. The summed E-state index contributed by atoms with van der Waals surface area (Å²) in [6, 6.07) is 15.4. The first-order valence-corrected chi connectivity index (χ1v) is 9.41. The Hall–Kier alpha value is -3.58. The molecule has 0 bridgehead atoms. The molecule has 3 aromatic heterocycles. The van der Waals surface area contributed by atoms with Crippen LogP contribution in [0.15, 0.2) is 67.1 Å². The van der Waals surface area contributed by atoms with Crippen LogP contribution in [0.2, 0.25) is 0 Å². The summed E-state index contributed by atoms with van der Waals surface area (Å²) < 4.78 is 1.74. The summed E-state index contributed by atoms with van der Waals surface area (Å²) in [7, 11) is 3.93. The van der Waals surface area contributed by atoms with E-state index in [9.17, 15) is 4.79 Å². The number of carbonyl (C=O) groups excluding carboxylic acids is 1. The zero-order chi connectivity index (χ0) is 20.2. The fourth-order valence-electron chi connectivity index (χ4n) is 3.03. The minimum Gasteiger partial charge on any atom is -0.349 e. The summed E-state index contributed by atoms with van der Waals surface area (Å²) >= 11 is 0. The van der Waals surface area contributed by atoms with E-state index in [-0.39, 0.29) is 5.91 Å². The fraction of sp³-hybridized carbons (Fsp3) is 0.182. The molecular formula is C22H22N6O. The Balaban J connectivity index is 1.59. The van der Waals surface area contributed by atoms with Crippen molar-refractivity contribution in [3.05, 3.63) is 72.8 Å². The summed E-state index contributed by atoms with van der Waals surface area (Å²) in [4.78, 5) is 23.5. The molecule has 1 N–H and O–H groups in total. The Morgan fingerprint density at radius 2 is 1.86 bits per heavy atom. The number of carbonyl (C=O) groups is 1. The van der Waals surface area contributed by atoms with Gasteiger partial charge in [-0.25, -0.2) is 14.5 Å². The van der Waals surface area contributed by atoms with Crippen molar-refractivity contribution in [2.45, 2.75) is 0 Å². The number of pyridine rings is 1. The van der Waals surface area contributed by atoms with Crippen LogP contribution in [0.25, 0.3) is 28.0 Å². The maximum absolute atomic E-state index is 12.4. The number of likely N-dealkylation sites (N-methyl/N-ethyl adjacent to an activating group) is 1. The lowest BCUT2D eigenvalue weighted by Gasteiger charge is -2.10. The summed E-state index contributed by atoms with van der Waals surface area (Å²) in [6.45, 7) is 1.34. The standard InChI is InChI=1S/C22H22N6O/c1-27(2)12-11-23-22(29)20-10-6-9-19(26-20)17-13-24-21-18(14-25-28(21)15-17)16-7-4-3-5-8-16/h3-10,13-15H,11-12H2,1-2H3,(H,23,29). The molecule has 0 unspecified atom stereocenters. The Bertz CT molecular complexity index is 1140. The van der Waals surface area contributed by atoms with E-state index in [1.165, 1.54) is 0 Å². The van der Waals surface area contributed by atoms with Crippen molar-refractivity contribution in [1.82, 2.24) is 29.8 Å². The van der Waals surface area contributed by atoms with Gasteiger partial charge in [-0.1, -0.05) is 36.4 Å². The number of fused-ring (bicyclic) bond motifs is 1. The highest BCUT2D eigenvalue weighted by molar-refractivity contribution is 5.92. The molecule has 1 aromatic carbocycles. The SMILES string of the molecule is CN(C)CCNC(=O)c1cccc(-c2cnc3c(-c4ccccc4)cnn3c2)n1. The van der Waals surface area contributed by atoms with Gasteiger partial charge in [-0.2, -0.15) is 5.10 Å². The van der Waals surface area contributed by atoms with Crippen molar-refractivity contribution in [2.75, 3.05) is 27.2 Å². The van der Waals surface area contributed by atoms with E-state index in [4.69, 9.17) is 0 Å². The monoisotopic (exact) mass is 386 g/mol. The largest absolute Gasteiger partial charge is 0.349 e. The highest BCUT2D eigenvalue weighted by Gasteiger charge is 2.12. The Morgan fingerprint density at radius 1 is 1.03 bits per heavy atom. The third-order valence-corrected chi connectivity index (χ3v) is 4.56. The molecule has 4 rings (SSSR count). The van der Waals surface area contributed by atoms with Crippen molar-refractivity contribution in [1.29, 1.82) is 0 Å². The number of hydrogen-bond donors (Lipinski definition) is 1. The maximum atomic E-state index is 12.4. The van der Waals surface area contributed by atoms with E-state index >= 15 is 0 Å². The van der Waals surface area contributed by atoms with Gasteiger partial charge in [0.05, 0.1) is 11.9 Å². The molecule has 7 nitrogen and oxygen atoms in total. The van der Waals surface area contributed by atoms with Crippen LogP contribution in [0.5, 0.6) is 0 Å². The number of hydrogen-bond acceptors (Lipinski definition) is 5. The topological polar surface area (TPSA) is 75.4 Å². The molecule has 0 saturated carbocycles. The Morgan fingerprint density at radius 3 is 2.66 bits per heavy atom. The number of nitrogens with zero attached hydrogens (tertiary/aromatic N) is 5. The first-order chi connectivity index (χ1) is 14.1. The van der Waals surface area contributed by atoms with Crippen LogP contribution in [0.3, 0.4) is 0 Å². The van der Waals surface area contributed by atoms with Crippen LogP contribution >= 0.6 is 0 Å². The average molecular weight is 386 g/mol. The molecular weight excluding hydrogens is 364 g/mol. The lowest BCUT2D eigenvalue weighted by atomic mass is 10.1. The smallest absolute Gasteiger partial charge is 0.269 e. The van der Waals surface area contributed by atoms with Crippen LogP contribution in [-0.2, 0) is 0 Å². The minimum absolute atomic E-state index is 0.187. The molecule has 0 atom stereocenters. The van der Waals surface area contributed by atoms with Gasteiger partial charge in [-0.3, -0.25) is 4.79 Å². The number of benzene rings is 1. The minimum atomic E-state index is -0.187. The van der Waals surface area contributed by atoms with Gasteiger partial charge in [0.2, 0.25) is 0 Å². The fourth-order valence-corrected chi connectivity index (χ4v) is 3.03. The van der Waals surface area contributed by atoms with Crippen LogP contribution in [0.4, 0.5) is 0 Å². The van der Waals surface area contributed by atoms with Crippen LogP contribution < -0.4 is 5.32 Å². The average Bonchev–Trinajstić information content (AvgIpc) is 3.17. The summed E-state index contributed by atoms with van der Waals surface area (Å²) in [6.07, 6.45) is 5.45. The molecule has 29 heavy (non-hydrogen) atoms. The van der Waals surface area contributed by atoms with Gasteiger partial charge < -0.3 is 10.2 Å². The van der Waals surface area contributed by atoms with Gasteiger partial charge in [-0.05, 0) is 31.8 Å². The second kappa shape index (κ2) is 8.20. The van der Waals surface area contributed by atoms with E-state index in [1.54, 1.807) is 16.8 Å². The first-order valence-electron chi connectivity index (χ1n) is 9.41. The molecule has 1 amide bonds. The van der Waals surface area contributed by atoms with E-state index in [0.717, 1.165) is 28.9 Å². The Labute approximate surface area is 169 Å². The van der Waals surface area contributed by atoms with Gasteiger partial charge >= 0.3 is 0 Å². The van der Waals surface area contributed by atoms with E-state index in [2.05, 4.69) is 20.4 Å². The van der Waals surface area contributed by atoms with Crippen LogP contribution in [0, 0.1) is 0 Å².